The lowest BCUT2D eigenvalue weighted by Crippen LogP contribution is -2.25. The van der Waals surface area contributed by atoms with Crippen molar-refractivity contribution < 1.29 is 14.3 Å². The van der Waals surface area contributed by atoms with E-state index in [1.807, 2.05) is 45.9 Å². The minimum Gasteiger partial charge on any atom is -0.491 e. The molecule has 0 bridgehead atoms. The first-order valence-corrected chi connectivity index (χ1v) is 13.4. The normalized spacial score (nSPS) is 11.2. The molecule has 0 aliphatic carbocycles. The summed E-state index contributed by atoms with van der Waals surface area (Å²) in [5.74, 6) is 0.741. The van der Waals surface area contributed by atoms with Crippen LogP contribution < -0.4 is 20.3 Å². The van der Waals surface area contributed by atoms with Crippen molar-refractivity contribution in [1.29, 1.82) is 0 Å². The Morgan fingerprint density at radius 3 is 2.32 bits per heavy atom. The Kier molecular flexibility index (Phi) is 8.05. The Bertz CT molecular complexity index is 1720. The van der Waals surface area contributed by atoms with Crippen molar-refractivity contribution in [2.75, 3.05) is 5.32 Å². The first-order valence-electron chi connectivity index (χ1n) is 13.4. The van der Waals surface area contributed by atoms with Gasteiger partial charge in [-0.25, -0.2) is 9.97 Å². The number of carbonyl (C=O) groups excluding carboxylic acids is 1. The summed E-state index contributed by atoms with van der Waals surface area (Å²) in [7, 11) is 0. The molecular weight excluding hydrogens is 518 g/mol. The third-order valence-corrected chi connectivity index (χ3v) is 6.03. The molecule has 3 heterocycles. The average Bonchev–Trinajstić information content (AvgIpc) is 2.93. The molecule has 0 unspecified atom stereocenters. The Labute approximate surface area is 237 Å². The second kappa shape index (κ2) is 12.0. The number of nitrogens with zero attached hydrogens (tertiary/aromatic N) is 4. The van der Waals surface area contributed by atoms with Crippen LogP contribution in [0.1, 0.15) is 49.3 Å². The predicted octanol–water partition coefficient (Wildman–Crippen LogP) is 5.59. The van der Waals surface area contributed by atoms with E-state index in [4.69, 9.17) is 9.47 Å². The number of amides is 1. The van der Waals surface area contributed by atoms with E-state index in [0.717, 1.165) is 5.56 Å². The quantitative estimate of drug-likeness (QED) is 0.255. The molecule has 9 nitrogen and oxygen atoms in total. The summed E-state index contributed by atoms with van der Waals surface area (Å²) >= 11 is 0. The smallest absolute Gasteiger partial charge is 0.278 e. The lowest BCUT2D eigenvalue weighted by molar-refractivity contribution is 0.102. The van der Waals surface area contributed by atoms with E-state index < -0.39 is 0 Å². The third kappa shape index (κ3) is 6.58. The van der Waals surface area contributed by atoms with Crippen molar-refractivity contribution in [2.24, 2.45) is 0 Å². The first kappa shape index (κ1) is 27.5. The number of carbonyl (C=O) groups is 1. The second-order valence-corrected chi connectivity index (χ2v) is 10.1. The molecule has 5 rings (SSSR count). The van der Waals surface area contributed by atoms with E-state index in [2.05, 4.69) is 20.3 Å². The standard InChI is InChI=1S/C32H31N5O4/c1-20(2)40-26-15-23(16-27(18-26)41-21(3)4)31(38)35-24-9-5-10-25(17-24)37-30-28(11-7-13-34-30)36-29(32(37)39)14-22-8-6-12-33-19-22/h5-13,15-21H,14H2,1-4H3,(H,35,38). The summed E-state index contributed by atoms with van der Waals surface area (Å²) in [5.41, 5.74) is 3.39. The number of fused-ring (bicyclic) bond motifs is 1. The maximum atomic E-state index is 13.7. The highest BCUT2D eigenvalue weighted by Gasteiger charge is 2.16. The Hall–Kier alpha value is -5.05. The zero-order valence-electron chi connectivity index (χ0n) is 23.4. The van der Waals surface area contributed by atoms with Crippen molar-refractivity contribution in [3.05, 3.63) is 112 Å². The van der Waals surface area contributed by atoms with E-state index in [-0.39, 0.29) is 23.7 Å². The summed E-state index contributed by atoms with van der Waals surface area (Å²) in [5, 5.41) is 2.94. The largest absolute Gasteiger partial charge is 0.491 e. The summed E-state index contributed by atoms with van der Waals surface area (Å²) in [6.07, 6.45) is 5.21. The molecule has 9 heteroatoms. The molecular formula is C32H31N5O4. The summed E-state index contributed by atoms with van der Waals surface area (Å²) in [6.45, 7) is 7.68. The molecule has 0 saturated heterocycles. The molecule has 5 aromatic rings. The van der Waals surface area contributed by atoms with Crippen LogP contribution >= 0.6 is 0 Å². The van der Waals surface area contributed by atoms with Crippen LogP contribution in [0.3, 0.4) is 0 Å². The predicted molar refractivity (Wildman–Crippen MR) is 158 cm³/mol. The Morgan fingerprint density at radius 1 is 0.902 bits per heavy atom. The van der Waals surface area contributed by atoms with Crippen LogP contribution in [0.4, 0.5) is 5.69 Å². The highest BCUT2D eigenvalue weighted by molar-refractivity contribution is 6.05. The molecule has 2 aromatic carbocycles. The number of hydrogen-bond acceptors (Lipinski definition) is 7. The summed E-state index contributed by atoms with van der Waals surface area (Å²) in [6, 6.07) is 19.5. The van der Waals surface area contributed by atoms with Gasteiger partial charge in [-0.1, -0.05) is 12.1 Å². The van der Waals surface area contributed by atoms with Gasteiger partial charge in [0.25, 0.3) is 11.5 Å². The number of hydrogen-bond donors (Lipinski definition) is 1. The molecule has 1 N–H and O–H groups in total. The van der Waals surface area contributed by atoms with Gasteiger partial charge in [-0.15, -0.1) is 0 Å². The van der Waals surface area contributed by atoms with Gasteiger partial charge in [0.2, 0.25) is 0 Å². The van der Waals surface area contributed by atoms with Crippen LogP contribution in [0, 0.1) is 0 Å². The number of aromatic nitrogens is 4. The lowest BCUT2D eigenvalue weighted by Gasteiger charge is -2.16. The molecule has 41 heavy (non-hydrogen) atoms. The second-order valence-electron chi connectivity index (χ2n) is 10.1. The number of pyridine rings is 2. The van der Waals surface area contributed by atoms with Gasteiger partial charge in [0.05, 0.1) is 17.9 Å². The van der Waals surface area contributed by atoms with Gasteiger partial charge in [0.1, 0.15) is 22.7 Å². The van der Waals surface area contributed by atoms with E-state index in [1.165, 1.54) is 4.57 Å². The molecule has 0 atom stereocenters. The number of rotatable bonds is 9. The summed E-state index contributed by atoms with van der Waals surface area (Å²) < 4.78 is 13.2. The fourth-order valence-corrected chi connectivity index (χ4v) is 4.43. The van der Waals surface area contributed by atoms with Gasteiger partial charge < -0.3 is 14.8 Å². The molecule has 0 spiro atoms. The van der Waals surface area contributed by atoms with Crippen molar-refractivity contribution >= 4 is 22.8 Å². The maximum Gasteiger partial charge on any atom is 0.278 e. The molecule has 1 amide bonds. The topological polar surface area (TPSA) is 108 Å². The van der Waals surface area contributed by atoms with Crippen molar-refractivity contribution in [3.8, 4) is 17.2 Å². The van der Waals surface area contributed by atoms with E-state index >= 15 is 0 Å². The zero-order chi connectivity index (χ0) is 28.9. The van der Waals surface area contributed by atoms with Crippen molar-refractivity contribution in [3.63, 3.8) is 0 Å². The molecule has 0 aliphatic rings. The number of nitrogens with one attached hydrogen (secondary N) is 1. The minimum atomic E-state index is -0.340. The lowest BCUT2D eigenvalue weighted by atomic mass is 10.1. The molecule has 0 radical (unpaired) electrons. The van der Waals surface area contributed by atoms with Gasteiger partial charge >= 0.3 is 0 Å². The van der Waals surface area contributed by atoms with Crippen LogP contribution in [0.15, 0.2) is 90.1 Å². The van der Waals surface area contributed by atoms with Crippen LogP contribution in [0.25, 0.3) is 16.9 Å². The third-order valence-electron chi connectivity index (χ3n) is 6.03. The molecule has 0 fully saturated rings. The highest BCUT2D eigenvalue weighted by atomic mass is 16.5. The van der Waals surface area contributed by atoms with Crippen LogP contribution in [-0.2, 0) is 6.42 Å². The monoisotopic (exact) mass is 549 g/mol. The van der Waals surface area contributed by atoms with Crippen molar-refractivity contribution in [2.45, 2.75) is 46.3 Å². The maximum absolute atomic E-state index is 13.7. The van der Waals surface area contributed by atoms with Crippen molar-refractivity contribution in [1.82, 2.24) is 19.5 Å². The summed E-state index contributed by atoms with van der Waals surface area (Å²) in [4.78, 5) is 40.3. The zero-order valence-corrected chi connectivity index (χ0v) is 23.4. The van der Waals surface area contributed by atoms with Crippen LogP contribution in [0.2, 0.25) is 0 Å². The van der Waals surface area contributed by atoms with Crippen LogP contribution in [0.5, 0.6) is 11.5 Å². The minimum absolute atomic E-state index is 0.0676. The molecule has 208 valence electrons. The van der Waals surface area contributed by atoms with E-state index in [9.17, 15) is 9.59 Å². The number of anilines is 1. The fraction of sp³-hybridized carbons (Fsp3) is 0.219. The number of benzene rings is 2. The van der Waals surface area contributed by atoms with E-state index in [1.54, 1.807) is 67.1 Å². The Morgan fingerprint density at radius 2 is 1.63 bits per heavy atom. The molecule has 0 aliphatic heterocycles. The number of ether oxygens (including phenoxy) is 2. The first-order chi connectivity index (χ1) is 19.8. The van der Waals surface area contributed by atoms with Gasteiger partial charge in [-0.3, -0.25) is 19.1 Å². The van der Waals surface area contributed by atoms with Gasteiger partial charge in [-0.05, 0) is 81.8 Å². The highest BCUT2D eigenvalue weighted by Crippen LogP contribution is 2.26. The van der Waals surface area contributed by atoms with Crippen LogP contribution in [-0.4, -0.2) is 37.6 Å². The van der Waals surface area contributed by atoms with Gasteiger partial charge in [0, 0.05) is 42.3 Å². The van der Waals surface area contributed by atoms with E-state index in [0.29, 0.717) is 51.7 Å². The molecule has 0 saturated carbocycles. The average molecular weight is 550 g/mol. The van der Waals surface area contributed by atoms with Gasteiger partial charge in [0.15, 0.2) is 5.65 Å². The fourth-order valence-electron chi connectivity index (χ4n) is 4.43. The SMILES string of the molecule is CC(C)Oc1cc(OC(C)C)cc(C(=O)Nc2cccc(-n3c(=O)c(Cc4cccnc4)nc4cccnc43)c2)c1. The molecule has 3 aromatic heterocycles. The van der Waals surface area contributed by atoms with Gasteiger partial charge in [-0.2, -0.15) is 0 Å². The Balaban J connectivity index is 1.50.